The van der Waals surface area contributed by atoms with Crippen molar-refractivity contribution in [2.45, 2.75) is 42.7 Å². The molecule has 5 nitrogen and oxygen atoms in total. The molecule has 0 aromatic heterocycles. The second-order valence-corrected chi connectivity index (χ2v) is 7.80. The second-order valence-electron chi connectivity index (χ2n) is 4.89. The van der Waals surface area contributed by atoms with Gasteiger partial charge in [-0.15, -0.1) is 0 Å². The summed E-state index contributed by atoms with van der Waals surface area (Å²) in [5.41, 5.74) is 5.96. The summed E-state index contributed by atoms with van der Waals surface area (Å²) in [7, 11) is -3.79. The first-order chi connectivity index (χ1) is 9.31. The fraction of sp³-hybridized carbons (Fsp3) is 0.500. The van der Waals surface area contributed by atoms with Crippen LogP contribution in [0.5, 0.6) is 0 Å². The van der Waals surface area contributed by atoms with Crippen LogP contribution in [-0.2, 0) is 10.0 Å². The fourth-order valence-corrected chi connectivity index (χ4v) is 4.89. The lowest BCUT2D eigenvalue weighted by atomic mass is 9.93. The van der Waals surface area contributed by atoms with E-state index in [0.717, 1.165) is 12.8 Å². The summed E-state index contributed by atoms with van der Waals surface area (Å²) in [4.78, 5) is -0.0136. The Hall–Kier alpha value is -0.340. The van der Waals surface area contributed by atoms with Crippen molar-refractivity contribution >= 4 is 43.2 Å². The molecule has 1 aliphatic rings. The number of benzene rings is 1. The van der Waals surface area contributed by atoms with Gasteiger partial charge in [-0.25, -0.2) is 13.1 Å². The van der Waals surface area contributed by atoms with Crippen molar-refractivity contribution in [3.8, 4) is 0 Å². The van der Waals surface area contributed by atoms with Crippen LogP contribution in [0, 0.1) is 0 Å². The van der Waals surface area contributed by atoms with Gasteiger partial charge in [-0.2, -0.15) is 0 Å². The van der Waals surface area contributed by atoms with Gasteiger partial charge in [0.2, 0.25) is 10.0 Å². The summed E-state index contributed by atoms with van der Waals surface area (Å²) in [5, 5.41) is 10.1. The Labute approximate surface area is 131 Å². The van der Waals surface area contributed by atoms with Gasteiger partial charge in [0.15, 0.2) is 0 Å². The number of sulfonamides is 1. The van der Waals surface area contributed by atoms with Crippen LogP contribution < -0.4 is 10.5 Å². The predicted molar refractivity (Wildman–Crippen MR) is 82.1 cm³/mol. The van der Waals surface area contributed by atoms with Gasteiger partial charge in [0, 0.05) is 16.8 Å². The summed E-state index contributed by atoms with van der Waals surface area (Å²) < 4.78 is 27.6. The molecular formula is C12H16BrClN2O3S. The number of halogens is 2. The number of hydrogen-bond donors (Lipinski definition) is 3. The molecule has 112 valence electrons. The van der Waals surface area contributed by atoms with Gasteiger partial charge in [-0.1, -0.05) is 24.4 Å². The van der Waals surface area contributed by atoms with E-state index in [2.05, 4.69) is 20.7 Å². The Kier molecular flexibility index (Phi) is 4.96. The lowest BCUT2D eigenvalue weighted by Gasteiger charge is -2.28. The molecule has 1 aliphatic carbocycles. The molecule has 2 atom stereocenters. The molecule has 0 saturated heterocycles. The molecule has 4 N–H and O–H groups in total. The normalized spacial score (nSPS) is 23.8. The number of nitrogens with one attached hydrogen (secondary N) is 1. The van der Waals surface area contributed by atoms with E-state index in [1.807, 2.05) is 0 Å². The number of aliphatic hydroxyl groups is 1. The van der Waals surface area contributed by atoms with Crippen LogP contribution in [0.1, 0.15) is 25.7 Å². The number of aliphatic hydroxyl groups excluding tert-OH is 1. The lowest BCUT2D eigenvalue weighted by Crippen LogP contribution is -2.45. The van der Waals surface area contributed by atoms with E-state index in [9.17, 15) is 13.5 Å². The lowest BCUT2D eigenvalue weighted by molar-refractivity contribution is 0.101. The summed E-state index contributed by atoms with van der Waals surface area (Å²) >= 11 is 9.02. The maximum Gasteiger partial charge on any atom is 0.242 e. The number of rotatable bonds is 3. The third-order valence-electron chi connectivity index (χ3n) is 3.36. The van der Waals surface area contributed by atoms with Crippen molar-refractivity contribution in [2.75, 3.05) is 5.73 Å². The van der Waals surface area contributed by atoms with E-state index < -0.39 is 22.2 Å². The predicted octanol–water partition coefficient (Wildman–Crippen LogP) is 2.27. The van der Waals surface area contributed by atoms with Crippen LogP contribution in [0.25, 0.3) is 0 Å². The van der Waals surface area contributed by atoms with Crippen molar-refractivity contribution in [1.29, 1.82) is 0 Å². The van der Waals surface area contributed by atoms with Crippen LogP contribution in [0.3, 0.4) is 0 Å². The Balaban J connectivity index is 2.31. The number of nitrogens with two attached hydrogens (primary N) is 1. The average molecular weight is 384 g/mol. The highest BCUT2D eigenvalue weighted by atomic mass is 79.9. The van der Waals surface area contributed by atoms with Gasteiger partial charge < -0.3 is 10.8 Å². The minimum Gasteiger partial charge on any atom is -0.398 e. The Morgan fingerprint density at radius 3 is 2.65 bits per heavy atom. The first kappa shape index (κ1) is 16.0. The minimum atomic E-state index is -3.79. The Bertz CT molecular complexity index is 609. The summed E-state index contributed by atoms with van der Waals surface area (Å²) in [5.74, 6) is 0. The van der Waals surface area contributed by atoms with Gasteiger partial charge in [0.05, 0.1) is 15.5 Å². The number of hydrogen-bond acceptors (Lipinski definition) is 4. The topological polar surface area (TPSA) is 92.4 Å². The maximum absolute atomic E-state index is 12.4. The van der Waals surface area contributed by atoms with Gasteiger partial charge in [0.1, 0.15) is 0 Å². The van der Waals surface area contributed by atoms with Crippen molar-refractivity contribution in [3.05, 3.63) is 21.6 Å². The summed E-state index contributed by atoms with van der Waals surface area (Å²) in [6, 6.07) is 2.33. The molecule has 20 heavy (non-hydrogen) atoms. The van der Waals surface area contributed by atoms with Crippen LogP contribution in [0.15, 0.2) is 21.5 Å². The van der Waals surface area contributed by atoms with E-state index in [1.165, 1.54) is 12.1 Å². The number of nitrogen functional groups attached to an aromatic ring is 1. The third-order valence-corrected chi connectivity index (χ3v) is 6.24. The number of anilines is 1. The molecule has 0 bridgehead atoms. The first-order valence-electron chi connectivity index (χ1n) is 6.26. The molecule has 8 heteroatoms. The molecule has 0 heterocycles. The second kappa shape index (κ2) is 6.19. The highest BCUT2D eigenvalue weighted by molar-refractivity contribution is 9.10. The summed E-state index contributed by atoms with van der Waals surface area (Å²) in [6.07, 6.45) is 2.37. The fourth-order valence-electron chi connectivity index (χ4n) is 2.29. The van der Waals surface area contributed by atoms with Crippen LogP contribution in [0.2, 0.25) is 5.02 Å². The first-order valence-corrected chi connectivity index (χ1v) is 8.91. The highest BCUT2D eigenvalue weighted by Gasteiger charge is 2.29. The van der Waals surface area contributed by atoms with E-state index in [4.69, 9.17) is 17.3 Å². The molecule has 2 rings (SSSR count). The van der Waals surface area contributed by atoms with Gasteiger partial charge >= 0.3 is 0 Å². The maximum atomic E-state index is 12.4. The van der Waals surface area contributed by atoms with Gasteiger partial charge in [-0.3, -0.25) is 0 Å². The highest BCUT2D eigenvalue weighted by Crippen LogP contribution is 2.32. The molecule has 1 saturated carbocycles. The zero-order valence-electron chi connectivity index (χ0n) is 10.6. The van der Waals surface area contributed by atoms with E-state index in [-0.39, 0.29) is 20.1 Å². The van der Waals surface area contributed by atoms with Gasteiger partial charge in [-0.05, 0) is 40.9 Å². The van der Waals surface area contributed by atoms with Crippen molar-refractivity contribution in [3.63, 3.8) is 0 Å². The monoisotopic (exact) mass is 382 g/mol. The quantitative estimate of drug-likeness (QED) is 0.698. The summed E-state index contributed by atoms with van der Waals surface area (Å²) in [6.45, 7) is 0. The van der Waals surface area contributed by atoms with E-state index >= 15 is 0 Å². The van der Waals surface area contributed by atoms with Crippen molar-refractivity contribution in [1.82, 2.24) is 4.72 Å². The molecule has 0 unspecified atom stereocenters. The van der Waals surface area contributed by atoms with E-state index in [1.54, 1.807) is 0 Å². The average Bonchev–Trinajstić information content (AvgIpc) is 2.36. The smallest absolute Gasteiger partial charge is 0.242 e. The van der Waals surface area contributed by atoms with Crippen LogP contribution in [0.4, 0.5) is 5.69 Å². The van der Waals surface area contributed by atoms with Crippen molar-refractivity contribution < 1.29 is 13.5 Å². The molecule has 0 aliphatic heterocycles. The largest absolute Gasteiger partial charge is 0.398 e. The molecule has 0 spiro atoms. The van der Waals surface area contributed by atoms with Crippen LogP contribution >= 0.6 is 27.5 Å². The standard InChI is InChI=1S/C12H16BrClN2O3S/c13-12-8(15)5-7(14)6-11(12)20(18,19)16-9-3-1-2-4-10(9)17/h5-6,9-10,16-17H,1-4,15H2/t9-,10-/m0/s1. The molecule has 0 amide bonds. The SMILES string of the molecule is Nc1cc(Cl)cc(S(=O)(=O)N[C@H]2CCCC[C@@H]2O)c1Br. The zero-order chi connectivity index (χ0) is 14.9. The van der Waals surface area contributed by atoms with Crippen LogP contribution in [-0.4, -0.2) is 25.7 Å². The molecule has 1 aromatic rings. The Morgan fingerprint density at radius 2 is 2.00 bits per heavy atom. The Morgan fingerprint density at radius 1 is 1.35 bits per heavy atom. The molecule has 1 aromatic carbocycles. The molecule has 0 radical (unpaired) electrons. The third kappa shape index (κ3) is 3.46. The van der Waals surface area contributed by atoms with Crippen molar-refractivity contribution in [2.24, 2.45) is 0 Å². The van der Waals surface area contributed by atoms with Gasteiger partial charge in [0.25, 0.3) is 0 Å². The van der Waals surface area contributed by atoms with E-state index in [0.29, 0.717) is 12.8 Å². The minimum absolute atomic E-state index is 0.0136. The molecule has 1 fully saturated rings. The molecular weight excluding hydrogens is 368 g/mol. The zero-order valence-corrected chi connectivity index (χ0v) is 13.8.